The first kappa shape index (κ1) is 17.6. The van der Waals surface area contributed by atoms with Gasteiger partial charge in [0.05, 0.1) is 11.6 Å². The van der Waals surface area contributed by atoms with Crippen molar-refractivity contribution < 1.29 is 9.47 Å². The summed E-state index contributed by atoms with van der Waals surface area (Å²) < 4.78 is 10.8. The molecular formula is C15H23Cl2NO2. The van der Waals surface area contributed by atoms with Crippen molar-refractivity contribution in [3.8, 4) is 5.75 Å². The molecule has 0 aliphatic heterocycles. The van der Waals surface area contributed by atoms with Crippen molar-refractivity contribution in [1.29, 1.82) is 0 Å². The van der Waals surface area contributed by atoms with Crippen molar-refractivity contribution in [1.82, 2.24) is 5.32 Å². The highest BCUT2D eigenvalue weighted by Gasteiger charge is 2.11. The highest BCUT2D eigenvalue weighted by atomic mass is 35.5. The monoisotopic (exact) mass is 319 g/mol. The molecule has 0 fully saturated rings. The summed E-state index contributed by atoms with van der Waals surface area (Å²) in [5.41, 5.74) is 0.987. The normalized spacial score (nSPS) is 11.1. The minimum Gasteiger partial charge on any atom is -0.492 e. The van der Waals surface area contributed by atoms with Crippen LogP contribution in [0, 0.1) is 5.92 Å². The van der Waals surface area contributed by atoms with Crippen LogP contribution in [-0.4, -0.2) is 26.9 Å². The molecule has 0 aromatic heterocycles. The van der Waals surface area contributed by atoms with E-state index in [9.17, 15) is 0 Å². The molecule has 0 unspecified atom stereocenters. The van der Waals surface area contributed by atoms with Crippen LogP contribution in [0.3, 0.4) is 0 Å². The van der Waals surface area contributed by atoms with Crippen LogP contribution in [0.1, 0.15) is 25.8 Å². The first-order valence-electron chi connectivity index (χ1n) is 6.85. The smallest absolute Gasteiger partial charge is 0.142 e. The van der Waals surface area contributed by atoms with Crippen molar-refractivity contribution in [2.75, 3.05) is 26.9 Å². The largest absolute Gasteiger partial charge is 0.492 e. The minimum absolute atomic E-state index is 0.552. The zero-order valence-electron chi connectivity index (χ0n) is 12.3. The summed E-state index contributed by atoms with van der Waals surface area (Å²) in [6, 6.07) is 3.60. The fraction of sp³-hybridized carbons (Fsp3) is 0.600. The fourth-order valence-electron chi connectivity index (χ4n) is 1.78. The molecule has 1 aromatic rings. The van der Waals surface area contributed by atoms with Gasteiger partial charge in [0.1, 0.15) is 5.75 Å². The number of nitrogens with one attached hydrogen (secondary N) is 1. The topological polar surface area (TPSA) is 30.5 Å². The number of methoxy groups -OCH3 is 1. The molecule has 5 heteroatoms. The number of benzene rings is 1. The van der Waals surface area contributed by atoms with Crippen LogP contribution in [0.5, 0.6) is 5.75 Å². The van der Waals surface area contributed by atoms with Crippen LogP contribution in [-0.2, 0) is 11.3 Å². The number of hydrogen-bond donors (Lipinski definition) is 1. The molecule has 0 saturated carbocycles. The lowest BCUT2D eigenvalue weighted by Gasteiger charge is -2.15. The fourth-order valence-corrected chi connectivity index (χ4v) is 2.37. The molecule has 0 aliphatic carbocycles. The Balaban J connectivity index is 2.68. The van der Waals surface area contributed by atoms with Gasteiger partial charge < -0.3 is 14.8 Å². The molecule has 1 aromatic carbocycles. The maximum Gasteiger partial charge on any atom is 0.142 e. The Hall–Kier alpha value is -0.480. The molecule has 1 N–H and O–H groups in total. The van der Waals surface area contributed by atoms with E-state index in [-0.39, 0.29) is 0 Å². The van der Waals surface area contributed by atoms with E-state index >= 15 is 0 Å². The molecule has 0 radical (unpaired) electrons. The predicted octanol–water partition coefficient (Wildman–Crippen LogP) is 4.15. The van der Waals surface area contributed by atoms with Gasteiger partial charge in [-0.05, 0) is 24.6 Å². The molecule has 0 spiro atoms. The van der Waals surface area contributed by atoms with Crippen LogP contribution >= 0.6 is 23.2 Å². The standard InChI is InChI=1S/C15H23Cl2NO2/c1-11(2)9-18-10-12-7-13(16)8-14(17)15(12)20-6-4-5-19-3/h7-8,11,18H,4-6,9-10H2,1-3H3. The van der Waals surface area contributed by atoms with Gasteiger partial charge in [-0.2, -0.15) is 0 Å². The second kappa shape index (κ2) is 9.46. The number of ether oxygens (including phenoxy) is 2. The summed E-state index contributed by atoms with van der Waals surface area (Å²) in [6.45, 7) is 7.21. The third kappa shape index (κ3) is 6.31. The molecule has 0 amide bonds. The molecule has 0 aliphatic rings. The van der Waals surface area contributed by atoms with Crippen LogP contribution in [0.4, 0.5) is 0 Å². The van der Waals surface area contributed by atoms with Gasteiger partial charge in [-0.1, -0.05) is 37.0 Å². The highest BCUT2D eigenvalue weighted by Crippen LogP contribution is 2.32. The average Bonchev–Trinajstić information content (AvgIpc) is 2.36. The van der Waals surface area contributed by atoms with Gasteiger partial charge in [0.15, 0.2) is 0 Å². The molecule has 3 nitrogen and oxygen atoms in total. The molecular weight excluding hydrogens is 297 g/mol. The summed E-state index contributed by atoms with van der Waals surface area (Å²) in [6.07, 6.45) is 0.828. The van der Waals surface area contributed by atoms with Crippen LogP contribution < -0.4 is 10.1 Å². The summed E-state index contributed by atoms with van der Waals surface area (Å²) in [4.78, 5) is 0. The highest BCUT2D eigenvalue weighted by molar-refractivity contribution is 6.35. The number of hydrogen-bond acceptors (Lipinski definition) is 3. The summed E-state index contributed by atoms with van der Waals surface area (Å²) in [5.74, 6) is 1.30. The van der Waals surface area contributed by atoms with E-state index in [1.807, 2.05) is 6.07 Å². The quantitative estimate of drug-likeness (QED) is 0.693. The van der Waals surface area contributed by atoms with Crippen LogP contribution in [0.2, 0.25) is 10.0 Å². The van der Waals surface area contributed by atoms with E-state index in [4.69, 9.17) is 32.7 Å². The Labute approximate surface area is 131 Å². The Morgan fingerprint density at radius 3 is 2.60 bits per heavy atom. The molecule has 0 atom stereocenters. The summed E-state index contributed by atoms with van der Waals surface area (Å²) in [7, 11) is 1.68. The number of halogens is 2. The molecule has 1 rings (SSSR count). The lowest BCUT2D eigenvalue weighted by Crippen LogP contribution is -2.19. The van der Waals surface area contributed by atoms with Gasteiger partial charge in [-0.3, -0.25) is 0 Å². The van der Waals surface area contributed by atoms with E-state index in [2.05, 4.69) is 19.2 Å². The average molecular weight is 320 g/mol. The van der Waals surface area contributed by atoms with Crippen molar-refractivity contribution >= 4 is 23.2 Å². The Kier molecular flexibility index (Phi) is 8.31. The van der Waals surface area contributed by atoms with E-state index in [0.717, 1.165) is 18.5 Å². The Bertz CT molecular complexity index is 411. The Morgan fingerprint density at radius 1 is 1.20 bits per heavy atom. The summed E-state index contributed by atoms with van der Waals surface area (Å²) in [5, 5.41) is 4.55. The van der Waals surface area contributed by atoms with E-state index in [1.165, 1.54) is 0 Å². The first-order valence-corrected chi connectivity index (χ1v) is 7.60. The Morgan fingerprint density at radius 2 is 1.95 bits per heavy atom. The first-order chi connectivity index (χ1) is 9.54. The number of rotatable bonds is 9. The van der Waals surface area contributed by atoms with Crippen LogP contribution in [0.15, 0.2) is 12.1 Å². The molecule has 20 heavy (non-hydrogen) atoms. The SMILES string of the molecule is COCCCOc1c(Cl)cc(Cl)cc1CNCC(C)C. The van der Waals surface area contributed by atoms with Crippen molar-refractivity contribution in [2.24, 2.45) is 5.92 Å². The van der Waals surface area contributed by atoms with Gasteiger partial charge >= 0.3 is 0 Å². The third-order valence-electron chi connectivity index (χ3n) is 2.69. The minimum atomic E-state index is 0.552. The van der Waals surface area contributed by atoms with Gasteiger partial charge in [0, 0.05) is 37.3 Å². The van der Waals surface area contributed by atoms with E-state index < -0.39 is 0 Å². The maximum absolute atomic E-state index is 6.22. The van der Waals surface area contributed by atoms with Gasteiger partial charge in [-0.15, -0.1) is 0 Å². The van der Waals surface area contributed by atoms with Gasteiger partial charge in [0.2, 0.25) is 0 Å². The van der Waals surface area contributed by atoms with Gasteiger partial charge in [-0.25, -0.2) is 0 Å². The lowest BCUT2D eigenvalue weighted by atomic mass is 10.1. The van der Waals surface area contributed by atoms with Crippen molar-refractivity contribution in [3.63, 3.8) is 0 Å². The van der Waals surface area contributed by atoms with Crippen molar-refractivity contribution in [2.45, 2.75) is 26.8 Å². The second-order valence-corrected chi connectivity index (χ2v) is 5.94. The third-order valence-corrected chi connectivity index (χ3v) is 3.19. The second-order valence-electron chi connectivity index (χ2n) is 5.10. The van der Waals surface area contributed by atoms with Crippen LogP contribution in [0.25, 0.3) is 0 Å². The zero-order valence-corrected chi connectivity index (χ0v) is 13.9. The lowest BCUT2D eigenvalue weighted by molar-refractivity contribution is 0.172. The molecule has 0 bridgehead atoms. The predicted molar refractivity (Wildman–Crippen MR) is 85.0 cm³/mol. The molecule has 0 saturated heterocycles. The zero-order chi connectivity index (χ0) is 15.0. The van der Waals surface area contributed by atoms with Gasteiger partial charge in [0.25, 0.3) is 0 Å². The van der Waals surface area contributed by atoms with E-state index in [1.54, 1.807) is 13.2 Å². The summed E-state index contributed by atoms with van der Waals surface area (Å²) >= 11 is 12.3. The van der Waals surface area contributed by atoms with Crippen molar-refractivity contribution in [3.05, 3.63) is 27.7 Å². The van der Waals surface area contributed by atoms with E-state index in [0.29, 0.717) is 41.5 Å². The molecule has 0 heterocycles. The maximum atomic E-state index is 6.22. The molecule has 114 valence electrons.